The highest BCUT2D eigenvalue weighted by atomic mass is 19.1. The van der Waals surface area contributed by atoms with Crippen molar-refractivity contribution in [3.05, 3.63) is 217 Å². The standard InChI is InChI=1S/C57H39FN2O/c1-57(2)47-16-8-6-15-44(47)55-48(57)17-10-19-51(55)60(41-28-22-37(23-29-41)36-12-4-3-5-13-36)52-20-11-21-54-56(52)46-35-39(25-33-53(46)61-54)38-24-32-50-45(34-38)43-14-7-9-18-49(43)59(50)42-30-26-40(58)27-31-42/h3-35H,1-2H3. The van der Waals surface area contributed by atoms with Crippen LogP contribution in [-0.2, 0) is 5.41 Å². The van der Waals surface area contributed by atoms with Gasteiger partial charge in [0.05, 0.1) is 27.8 Å². The zero-order valence-corrected chi connectivity index (χ0v) is 33.7. The Morgan fingerprint density at radius 2 is 1.11 bits per heavy atom. The highest BCUT2D eigenvalue weighted by Crippen LogP contribution is 2.55. The number of fused-ring (bicyclic) bond motifs is 9. The molecule has 0 spiro atoms. The Kier molecular flexibility index (Phi) is 7.76. The first-order valence-electron chi connectivity index (χ1n) is 20.9. The Morgan fingerprint density at radius 3 is 1.95 bits per heavy atom. The number of anilines is 3. The average molecular weight is 787 g/mol. The van der Waals surface area contributed by atoms with E-state index in [9.17, 15) is 4.39 Å². The molecule has 4 heteroatoms. The Bertz CT molecular complexity index is 3500. The van der Waals surface area contributed by atoms with Gasteiger partial charge in [-0.05, 0) is 124 Å². The summed E-state index contributed by atoms with van der Waals surface area (Å²) in [6.07, 6.45) is 0. The molecule has 0 saturated heterocycles. The van der Waals surface area contributed by atoms with Gasteiger partial charge in [-0.2, -0.15) is 0 Å². The van der Waals surface area contributed by atoms with E-state index < -0.39 is 0 Å². The van der Waals surface area contributed by atoms with Gasteiger partial charge in [0.2, 0.25) is 0 Å². The van der Waals surface area contributed by atoms with E-state index in [1.54, 1.807) is 0 Å². The Balaban J connectivity index is 1.07. The molecule has 2 aromatic heterocycles. The maximum atomic E-state index is 14.0. The van der Waals surface area contributed by atoms with E-state index in [-0.39, 0.29) is 11.2 Å². The second-order valence-corrected chi connectivity index (χ2v) is 16.6. The predicted molar refractivity (Wildman–Crippen MR) is 251 cm³/mol. The van der Waals surface area contributed by atoms with E-state index in [0.717, 1.165) is 77.6 Å². The van der Waals surface area contributed by atoms with Crippen LogP contribution in [0.5, 0.6) is 0 Å². The summed E-state index contributed by atoms with van der Waals surface area (Å²) in [7, 11) is 0. The van der Waals surface area contributed by atoms with Crippen LogP contribution < -0.4 is 4.90 Å². The molecule has 0 bridgehead atoms. The minimum atomic E-state index is -0.247. The first-order chi connectivity index (χ1) is 29.9. The van der Waals surface area contributed by atoms with Crippen molar-refractivity contribution < 1.29 is 8.81 Å². The second kappa shape index (κ2) is 13.4. The van der Waals surface area contributed by atoms with Crippen LogP contribution in [0.2, 0.25) is 0 Å². The highest BCUT2D eigenvalue weighted by Gasteiger charge is 2.38. The number of nitrogens with zero attached hydrogens (tertiary/aromatic N) is 2. The van der Waals surface area contributed by atoms with Crippen LogP contribution >= 0.6 is 0 Å². The monoisotopic (exact) mass is 786 g/mol. The number of aromatic nitrogens is 1. The molecular formula is C57H39FN2O. The summed E-state index contributed by atoms with van der Waals surface area (Å²) in [5, 5.41) is 4.40. The molecule has 61 heavy (non-hydrogen) atoms. The summed E-state index contributed by atoms with van der Waals surface area (Å²) >= 11 is 0. The van der Waals surface area contributed by atoms with E-state index in [1.807, 2.05) is 12.1 Å². The quantitative estimate of drug-likeness (QED) is 0.167. The molecular weight excluding hydrogens is 748 g/mol. The third kappa shape index (κ3) is 5.42. The van der Waals surface area contributed by atoms with E-state index in [4.69, 9.17) is 4.42 Å². The zero-order chi connectivity index (χ0) is 40.8. The molecule has 9 aromatic carbocycles. The number of para-hydroxylation sites is 1. The van der Waals surface area contributed by atoms with Crippen molar-refractivity contribution in [2.45, 2.75) is 19.3 Å². The first-order valence-corrected chi connectivity index (χ1v) is 20.9. The van der Waals surface area contributed by atoms with Crippen molar-refractivity contribution in [1.29, 1.82) is 0 Å². The van der Waals surface area contributed by atoms with Crippen LogP contribution in [0.1, 0.15) is 25.0 Å². The van der Waals surface area contributed by atoms with Gasteiger partial charge < -0.3 is 13.9 Å². The number of hydrogen-bond donors (Lipinski definition) is 0. The minimum Gasteiger partial charge on any atom is -0.456 e. The van der Waals surface area contributed by atoms with Crippen molar-refractivity contribution in [3.8, 4) is 39.1 Å². The number of benzene rings is 9. The van der Waals surface area contributed by atoms with Gasteiger partial charge in [-0.25, -0.2) is 4.39 Å². The van der Waals surface area contributed by atoms with E-state index >= 15 is 0 Å². The third-order valence-electron chi connectivity index (χ3n) is 12.9. The predicted octanol–water partition coefficient (Wildman–Crippen LogP) is 15.9. The summed E-state index contributed by atoms with van der Waals surface area (Å²) in [5.41, 5.74) is 17.6. The van der Waals surface area contributed by atoms with Crippen molar-refractivity contribution in [3.63, 3.8) is 0 Å². The summed E-state index contributed by atoms with van der Waals surface area (Å²) in [4.78, 5) is 2.44. The Morgan fingerprint density at radius 1 is 0.475 bits per heavy atom. The number of rotatable bonds is 6. The van der Waals surface area contributed by atoms with Crippen LogP contribution in [0.15, 0.2) is 205 Å². The normalized spacial score (nSPS) is 13.0. The topological polar surface area (TPSA) is 21.3 Å². The number of furan rings is 1. The molecule has 3 nitrogen and oxygen atoms in total. The highest BCUT2D eigenvalue weighted by molar-refractivity contribution is 6.16. The van der Waals surface area contributed by atoms with Crippen molar-refractivity contribution in [2.24, 2.45) is 0 Å². The molecule has 1 aliphatic carbocycles. The molecule has 290 valence electrons. The second-order valence-electron chi connectivity index (χ2n) is 16.6. The van der Waals surface area contributed by atoms with Gasteiger partial charge in [-0.3, -0.25) is 0 Å². The van der Waals surface area contributed by atoms with Crippen LogP contribution in [0.4, 0.5) is 21.5 Å². The lowest BCUT2D eigenvalue weighted by Crippen LogP contribution is -2.16. The molecule has 0 aliphatic heterocycles. The van der Waals surface area contributed by atoms with Gasteiger partial charge >= 0.3 is 0 Å². The smallest absolute Gasteiger partial charge is 0.137 e. The molecule has 12 rings (SSSR count). The summed E-state index contributed by atoms with van der Waals surface area (Å²) < 4.78 is 22.9. The summed E-state index contributed by atoms with van der Waals surface area (Å²) in [6.45, 7) is 4.67. The fraction of sp³-hybridized carbons (Fsp3) is 0.0526. The SMILES string of the molecule is CC1(C)c2ccccc2-c2c(N(c3ccc(-c4ccccc4)cc3)c3cccc4oc5ccc(-c6ccc7c(c6)c6ccccc6n7-c6ccc(F)cc6)cc5c34)cccc21. The maximum Gasteiger partial charge on any atom is 0.137 e. The summed E-state index contributed by atoms with van der Waals surface area (Å²) in [6, 6.07) is 70.0. The first kappa shape index (κ1) is 35.3. The van der Waals surface area contributed by atoms with Gasteiger partial charge in [0.1, 0.15) is 17.0 Å². The van der Waals surface area contributed by atoms with Crippen molar-refractivity contribution in [1.82, 2.24) is 4.57 Å². The molecule has 0 N–H and O–H groups in total. The fourth-order valence-electron chi connectivity index (χ4n) is 9.96. The lowest BCUT2D eigenvalue weighted by molar-refractivity contribution is 0.627. The van der Waals surface area contributed by atoms with Gasteiger partial charge in [0.25, 0.3) is 0 Å². The van der Waals surface area contributed by atoms with Gasteiger partial charge in [0.15, 0.2) is 0 Å². The minimum absolute atomic E-state index is 0.152. The summed E-state index contributed by atoms with van der Waals surface area (Å²) in [5.74, 6) is -0.247. The van der Waals surface area contributed by atoms with Crippen LogP contribution in [0.25, 0.3) is 82.8 Å². The van der Waals surface area contributed by atoms with Gasteiger partial charge in [-0.1, -0.05) is 129 Å². The molecule has 0 fully saturated rings. The van der Waals surface area contributed by atoms with Crippen molar-refractivity contribution in [2.75, 3.05) is 4.90 Å². The van der Waals surface area contributed by atoms with Gasteiger partial charge in [0, 0.05) is 38.5 Å². The average Bonchev–Trinajstić information content (AvgIpc) is 3.93. The third-order valence-corrected chi connectivity index (χ3v) is 12.9. The fourth-order valence-corrected chi connectivity index (χ4v) is 9.96. The Hall–Kier alpha value is -7.69. The molecule has 0 amide bonds. The van der Waals surface area contributed by atoms with Crippen LogP contribution in [0, 0.1) is 5.82 Å². The molecule has 0 saturated carbocycles. The van der Waals surface area contributed by atoms with E-state index in [1.165, 1.54) is 45.5 Å². The molecule has 0 unspecified atom stereocenters. The zero-order valence-electron chi connectivity index (χ0n) is 33.7. The molecule has 2 heterocycles. The van der Waals surface area contributed by atoms with Gasteiger partial charge in [-0.15, -0.1) is 0 Å². The van der Waals surface area contributed by atoms with E-state index in [0.29, 0.717) is 0 Å². The lowest BCUT2D eigenvalue weighted by Gasteiger charge is -2.29. The molecule has 1 aliphatic rings. The van der Waals surface area contributed by atoms with Crippen LogP contribution in [-0.4, -0.2) is 4.57 Å². The largest absolute Gasteiger partial charge is 0.456 e. The maximum absolute atomic E-state index is 14.0. The van der Waals surface area contributed by atoms with Crippen molar-refractivity contribution >= 4 is 60.8 Å². The molecule has 11 aromatic rings. The molecule has 0 atom stereocenters. The number of halogens is 1. The van der Waals surface area contributed by atoms with Crippen LogP contribution in [0.3, 0.4) is 0 Å². The lowest BCUT2D eigenvalue weighted by atomic mass is 9.82. The molecule has 0 radical (unpaired) electrons. The van der Waals surface area contributed by atoms with E-state index in [2.05, 4.69) is 199 Å². The Labute approximate surface area is 353 Å². The number of hydrogen-bond acceptors (Lipinski definition) is 2.